The predicted octanol–water partition coefficient (Wildman–Crippen LogP) is 4.03. The first-order chi connectivity index (χ1) is 18.9. The zero-order chi connectivity index (χ0) is 27.1. The van der Waals surface area contributed by atoms with E-state index in [1.54, 1.807) is 21.7 Å². The van der Waals surface area contributed by atoms with Crippen molar-refractivity contribution in [1.82, 2.24) is 39.2 Å². The van der Waals surface area contributed by atoms with Crippen molar-refractivity contribution in [2.45, 2.75) is 45.7 Å². The molecular weight excluding hydrogens is 520 g/mol. The lowest BCUT2D eigenvalue weighted by Gasteiger charge is -2.32. The summed E-state index contributed by atoms with van der Waals surface area (Å²) in [6.45, 7) is 5.87. The molecule has 1 amide bonds. The van der Waals surface area contributed by atoms with E-state index in [1.807, 2.05) is 37.4 Å². The van der Waals surface area contributed by atoms with Crippen LogP contribution in [0.25, 0.3) is 33.9 Å². The number of rotatable bonds is 6. The van der Waals surface area contributed by atoms with Crippen molar-refractivity contribution in [3.63, 3.8) is 0 Å². The molecule has 6 rings (SSSR count). The number of aromatic nitrogens is 7. The molecule has 11 nitrogen and oxygen atoms in total. The quantitative estimate of drug-likeness (QED) is 0.340. The minimum atomic E-state index is -0.176. The Hall–Kier alpha value is -4.25. The Morgan fingerprint density at radius 2 is 1.95 bits per heavy atom. The van der Waals surface area contributed by atoms with Crippen molar-refractivity contribution in [3.05, 3.63) is 69.9 Å². The average Bonchev–Trinajstić information content (AvgIpc) is 3.64. The first-order valence-electron chi connectivity index (χ1n) is 12.9. The van der Waals surface area contributed by atoms with E-state index >= 15 is 0 Å². The third kappa shape index (κ3) is 4.74. The molecule has 200 valence electrons. The van der Waals surface area contributed by atoms with Crippen LogP contribution < -0.4 is 5.69 Å². The van der Waals surface area contributed by atoms with Crippen LogP contribution in [-0.2, 0) is 17.8 Å². The van der Waals surface area contributed by atoms with Gasteiger partial charge < -0.3 is 13.9 Å². The number of likely N-dealkylation sites (tertiary alicyclic amines) is 1. The van der Waals surface area contributed by atoms with Crippen molar-refractivity contribution >= 4 is 28.7 Å². The molecule has 1 aliphatic rings. The SMILES string of the molecule is CCn1c(-c2cc(Cl)cc(-c3nnc(CC(=O)N4CCC(n5c(=O)[nH]c6ncccc65)CC4)o3)c2)cnc1C. The standard InChI is InChI=1S/C27H27ClN8O3/c1-3-35-16(2)30-15-22(35)17-11-18(13-19(28)12-17)26-33-32-23(39-26)14-24(37)34-9-6-20(7-10-34)36-21-5-4-8-29-25(21)31-27(36)38/h4-5,8,11-13,15,20H,3,6-7,9-10,14H2,1-2H3,(H,29,31,38). The summed E-state index contributed by atoms with van der Waals surface area (Å²) in [5, 5.41) is 8.83. The second-order valence-corrected chi connectivity index (χ2v) is 10.1. The second-order valence-electron chi connectivity index (χ2n) is 9.62. The lowest BCUT2D eigenvalue weighted by molar-refractivity contribution is -0.132. The van der Waals surface area contributed by atoms with Crippen molar-refractivity contribution in [1.29, 1.82) is 0 Å². The summed E-state index contributed by atoms with van der Waals surface area (Å²) in [5.74, 6) is 1.37. The topological polar surface area (TPSA) is 128 Å². The Morgan fingerprint density at radius 3 is 2.74 bits per heavy atom. The number of nitrogens with zero attached hydrogens (tertiary/aromatic N) is 7. The van der Waals surface area contributed by atoms with Crippen LogP contribution in [0.3, 0.4) is 0 Å². The van der Waals surface area contributed by atoms with Crippen molar-refractivity contribution < 1.29 is 9.21 Å². The highest BCUT2D eigenvalue weighted by molar-refractivity contribution is 6.31. The fraction of sp³-hybridized carbons (Fsp3) is 0.333. The fourth-order valence-electron chi connectivity index (χ4n) is 5.34. The summed E-state index contributed by atoms with van der Waals surface area (Å²) in [4.78, 5) is 38.8. The average molecular weight is 547 g/mol. The van der Waals surface area contributed by atoms with E-state index in [-0.39, 0.29) is 30.0 Å². The number of benzene rings is 1. The summed E-state index contributed by atoms with van der Waals surface area (Å²) >= 11 is 6.43. The minimum absolute atomic E-state index is 0.000617. The van der Waals surface area contributed by atoms with E-state index in [1.165, 1.54) is 0 Å². The molecule has 5 aromatic rings. The molecule has 0 atom stereocenters. The van der Waals surface area contributed by atoms with Crippen LogP contribution in [0.4, 0.5) is 0 Å². The van der Waals surface area contributed by atoms with Crippen LogP contribution in [0.2, 0.25) is 5.02 Å². The molecule has 1 N–H and O–H groups in total. The summed E-state index contributed by atoms with van der Waals surface area (Å²) in [7, 11) is 0. The number of halogens is 1. The Kier molecular flexibility index (Phi) is 6.51. The van der Waals surface area contributed by atoms with Gasteiger partial charge in [-0.2, -0.15) is 0 Å². The van der Waals surface area contributed by atoms with Gasteiger partial charge in [0.1, 0.15) is 12.2 Å². The van der Waals surface area contributed by atoms with Gasteiger partial charge in [-0.05, 0) is 57.0 Å². The van der Waals surface area contributed by atoms with Crippen LogP contribution in [0.1, 0.15) is 37.5 Å². The number of nitrogens with one attached hydrogen (secondary N) is 1. The number of aromatic amines is 1. The van der Waals surface area contributed by atoms with Crippen LogP contribution in [0.5, 0.6) is 0 Å². The minimum Gasteiger partial charge on any atom is -0.420 e. The number of hydrogen-bond acceptors (Lipinski definition) is 7. The zero-order valence-corrected chi connectivity index (χ0v) is 22.4. The number of pyridine rings is 1. The lowest BCUT2D eigenvalue weighted by atomic mass is 10.0. The molecule has 0 saturated carbocycles. The summed E-state index contributed by atoms with van der Waals surface area (Å²) in [6, 6.07) is 9.26. The first kappa shape index (κ1) is 25.1. The summed E-state index contributed by atoms with van der Waals surface area (Å²) < 4.78 is 9.73. The van der Waals surface area contributed by atoms with Gasteiger partial charge in [0, 0.05) is 48.0 Å². The molecule has 39 heavy (non-hydrogen) atoms. The highest BCUT2D eigenvalue weighted by atomic mass is 35.5. The van der Waals surface area contributed by atoms with Gasteiger partial charge in [-0.25, -0.2) is 14.8 Å². The van der Waals surface area contributed by atoms with E-state index in [0.717, 1.165) is 29.1 Å². The maximum atomic E-state index is 13.0. The molecule has 0 spiro atoms. The molecule has 1 fully saturated rings. The molecule has 4 aromatic heterocycles. The number of carbonyl (C=O) groups excluding carboxylic acids is 1. The molecule has 5 heterocycles. The van der Waals surface area contributed by atoms with E-state index in [2.05, 4.69) is 36.6 Å². The van der Waals surface area contributed by atoms with Gasteiger partial charge in [0.05, 0.1) is 17.4 Å². The predicted molar refractivity (Wildman–Crippen MR) is 145 cm³/mol. The number of fused-ring (bicyclic) bond motifs is 1. The number of carbonyl (C=O) groups is 1. The monoisotopic (exact) mass is 546 g/mol. The molecular formula is C27H27ClN8O3. The van der Waals surface area contributed by atoms with Gasteiger partial charge >= 0.3 is 5.69 Å². The van der Waals surface area contributed by atoms with E-state index < -0.39 is 0 Å². The molecule has 1 saturated heterocycles. The first-order valence-corrected chi connectivity index (χ1v) is 13.3. The third-order valence-electron chi connectivity index (χ3n) is 7.25. The van der Waals surface area contributed by atoms with E-state index in [0.29, 0.717) is 48.1 Å². The maximum absolute atomic E-state index is 13.0. The number of amides is 1. The smallest absolute Gasteiger partial charge is 0.327 e. The molecule has 1 aliphatic heterocycles. The number of H-pyrrole nitrogens is 1. The molecule has 0 radical (unpaired) electrons. The molecule has 1 aromatic carbocycles. The fourth-order valence-corrected chi connectivity index (χ4v) is 5.57. The summed E-state index contributed by atoms with van der Waals surface area (Å²) in [6.07, 6.45) is 4.81. The van der Waals surface area contributed by atoms with Gasteiger partial charge in [0.15, 0.2) is 5.65 Å². The van der Waals surface area contributed by atoms with E-state index in [9.17, 15) is 9.59 Å². The second kappa shape index (κ2) is 10.1. The third-order valence-corrected chi connectivity index (χ3v) is 7.47. The number of aryl methyl sites for hydroxylation is 1. The lowest BCUT2D eigenvalue weighted by Crippen LogP contribution is -2.41. The van der Waals surface area contributed by atoms with Gasteiger partial charge in [0.2, 0.25) is 17.7 Å². The van der Waals surface area contributed by atoms with Crippen LogP contribution in [0.15, 0.2) is 51.9 Å². The Morgan fingerprint density at radius 1 is 1.15 bits per heavy atom. The van der Waals surface area contributed by atoms with Crippen molar-refractivity contribution in [3.8, 4) is 22.7 Å². The van der Waals surface area contributed by atoms with Crippen LogP contribution in [-0.4, -0.2) is 58.2 Å². The van der Waals surface area contributed by atoms with Crippen LogP contribution in [0, 0.1) is 6.92 Å². The Labute approximate surface area is 228 Å². The van der Waals surface area contributed by atoms with Crippen molar-refractivity contribution in [2.24, 2.45) is 0 Å². The Balaban J connectivity index is 1.14. The highest BCUT2D eigenvalue weighted by Crippen LogP contribution is 2.31. The number of hydrogen-bond donors (Lipinski definition) is 1. The summed E-state index contributed by atoms with van der Waals surface area (Å²) in [5.41, 5.74) is 3.69. The number of imidazole rings is 2. The van der Waals surface area contributed by atoms with Crippen LogP contribution >= 0.6 is 11.6 Å². The van der Waals surface area contributed by atoms with Crippen molar-refractivity contribution in [2.75, 3.05) is 13.1 Å². The van der Waals surface area contributed by atoms with Gasteiger partial charge in [-0.3, -0.25) is 14.3 Å². The van der Waals surface area contributed by atoms with E-state index in [4.69, 9.17) is 16.0 Å². The number of piperidine rings is 1. The highest BCUT2D eigenvalue weighted by Gasteiger charge is 2.27. The normalized spacial score (nSPS) is 14.4. The molecule has 12 heteroatoms. The van der Waals surface area contributed by atoms with Gasteiger partial charge in [-0.1, -0.05) is 11.6 Å². The Bertz CT molecular complexity index is 1720. The zero-order valence-electron chi connectivity index (χ0n) is 21.6. The van der Waals surface area contributed by atoms with Gasteiger partial charge in [-0.15, -0.1) is 10.2 Å². The van der Waals surface area contributed by atoms with Gasteiger partial charge in [0.25, 0.3) is 0 Å². The molecule has 0 unspecified atom stereocenters. The molecule has 0 bridgehead atoms. The molecule has 0 aliphatic carbocycles. The maximum Gasteiger partial charge on any atom is 0.327 e. The largest absolute Gasteiger partial charge is 0.420 e.